The zero-order valence-corrected chi connectivity index (χ0v) is 36.3. The molecule has 0 amide bonds. The van der Waals surface area contributed by atoms with Gasteiger partial charge in [0.05, 0.1) is 19.8 Å². The number of unbranched alkanes of at least 4 members (excludes halogenated alkanes) is 12. The normalized spacial score (nSPS) is 21.1. The summed E-state index contributed by atoms with van der Waals surface area (Å²) in [5.41, 5.74) is 0. The van der Waals surface area contributed by atoms with Crippen LogP contribution in [0.25, 0.3) is 0 Å². The predicted octanol–water partition coefficient (Wildman–Crippen LogP) is 10.2. The number of ether oxygens (including phenoxy) is 4. The van der Waals surface area contributed by atoms with Gasteiger partial charge in [0.25, 0.3) is 0 Å². The van der Waals surface area contributed by atoms with E-state index in [0.29, 0.717) is 6.61 Å². The van der Waals surface area contributed by atoms with Gasteiger partial charge in [-0.05, 0) is 83.5 Å². The van der Waals surface area contributed by atoms with Gasteiger partial charge in [0, 0.05) is 13.0 Å². The van der Waals surface area contributed by atoms with Crippen molar-refractivity contribution in [3.8, 4) is 0 Å². The lowest BCUT2D eigenvalue weighted by molar-refractivity contribution is -0.305. The van der Waals surface area contributed by atoms with Crippen LogP contribution in [0.3, 0.4) is 0 Å². The van der Waals surface area contributed by atoms with E-state index in [1.807, 2.05) is 0 Å². The molecule has 332 valence electrons. The summed E-state index contributed by atoms with van der Waals surface area (Å²) in [6, 6.07) is 0. The first-order valence-corrected chi connectivity index (χ1v) is 22.7. The molecule has 6 atom stereocenters. The van der Waals surface area contributed by atoms with Crippen molar-refractivity contribution in [2.75, 3.05) is 26.4 Å². The van der Waals surface area contributed by atoms with Crippen LogP contribution in [-0.2, 0) is 23.7 Å². The molecular weight excluding hydrogens is 733 g/mol. The first-order chi connectivity index (χ1) is 28.4. The Kier molecular flexibility index (Phi) is 36.6. The van der Waals surface area contributed by atoms with Gasteiger partial charge in [0.15, 0.2) is 6.29 Å². The average molecular weight is 815 g/mol. The summed E-state index contributed by atoms with van der Waals surface area (Å²) in [5, 5.41) is 40.1. The van der Waals surface area contributed by atoms with Crippen molar-refractivity contribution in [2.24, 2.45) is 0 Å². The van der Waals surface area contributed by atoms with E-state index in [4.69, 9.17) is 18.9 Å². The van der Waals surface area contributed by atoms with Crippen molar-refractivity contribution in [3.05, 3.63) is 85.1 Å². The molecule has 0 spiro atoms. The minimum absolute atomic E-state index is 0.124. The Hall–Kier alpha value is -2.63. The van der Waals surface area contributed by atoms with Gasteiger partial charge in [-0.1, -0.05) is 150 Å². The average Bonchev–Trinajstić information content (AvgIpc) is 3.22. The highest BCUT2D eigenvalue weighted by atomic mass is 16.7. The number of carbonyl (C=O) groups excluding carboxylic acids is 1. The molecular formula is C49H82O9. The van der Waals surface area contributed by atoms with Crippen molar-refractivity contribution in [3.63, 3.8) is 0 Å². The van der Waals surface area contributed by atoms with Crippen LogP contribution in [0.15, 0.2) is 85.1 Å². The van der Waals surface area contributed by atoms with E-state index in [1.54, 1.807) is 0 Å². The zero-order chi connectivity index (χ0) is 42.2. The van der Waals surface area contributed by atoms with Gasteiger partial charge in [0.2, 0.25) is 0 Å². The van der Waals surface area contributed by atoms with Crippen LogP contribution >= 0.6 is 0 Å². The van der Waals surface area contributed by atoms with Crippen LogP contribution < -0.4 is 0 Å². The molecule has 1 saturated heterocycles. The molecule has 0 radical (unpaired) electrons. The molecule has 1 rings (SSSR count). The Balaban J connectivity index is 2.29. The summed E-state index contributed by atoms with van der Waals surface area (Å²) in [7, 11) is 0. The maximum absolute atomic E-state index is 12.8. The molecule has 0 aromatic carbocycles. The molecule has 1 heterocycles. The van der Waals surface area contributed by atoms with Crippen LogP contribution in [0.1, 0.15) is 155 Å². The van der Waals surface area contributed by atoms with Crippen molar-refractivity contribution in [1.29, 1.82) is 0 Å². The summed E-state index contributed by atoms with van der Waals surface area (Å²) in [6.45, 7) is 4.31. The molecule has 0 saturated carbocycles. The minimum Gasteiger partial charge on any atom is -0.457 e. The number of rotatable bonds is 37. The van der Waals surface area contributed by atoms with E-state index in [9.17, 15) is 25.2 Å². The summed E-state index contributed by atoms with van der Waals surface area (Å²) < 4.78 is 22.8. The topological polar surface area (TPSA) is 135 Å². The Morgan fingerprint density at radius 1 is 0.569 bits per heavy atom. The van der Waals surface area contributed by atoms with E-state index < -0.39 is 43.4 Å². The first-order valence-electron chi connectivity index (χ1n) is 22.7. The molecule has 1 aliphatic heterocycles. The van der Waals surface area contributed by atoms with Gasteiger partial charge < -0.3 is 39.4 Å². The van der Waals surface area contributed by atoms with Crippen LogP contribution in [0.4, 0.5) is 0 Å². The second kappa shape index (κ2) is 39.8. The van der Waals surface area contributed by atoms with Crippen molar-refractivity contribution in [2.45, 2.75) is 192 Å². The molecule has 1 fully saturated rings. The molecule has 6 unspecified atom stereocenters. The van der Waals surface area contributed by atoms with E-state index in [0.717, 1.165) is 109 Å². The molecule has 1 aliphatic rings. The molecule has 9 heteroatoms. The number of carbonyl (C=O) groups is 1. The smallest absolute Gasteiger partial charge is 0.306 e. The van der Waals surface area contributed by atoms with Gasteiger partial charge in [-0.15, -0.1) is 0 Å². The highest BCUT2D eigenvalue weighted by molar-refractivity contribution is 5.69. The lowest BCUT2D eigenvalue weighted by Gasteiger charge is -2.39. The summed E-state index contributed by atoms with van der Waals surface area (Å²) in [4.78, 5) is 12.8. The highest BCUT2D eigenvalue weighted by Crippen LogP contribution is 2.22. The third-order valence-corrected chi connectivity index (χ3v) is 9.78. The maximum atomic E-state index is 12.8. The van der Waals surface area contributed by atoms with E-state index in [2.05, 4.69) is 98.9 Å². The van der Waals surface area contributed by atoms with Gasteiger partial charge in [0.1, 0.15) is 30.5 Å². The van der Waals surface area contributed by atoms with Crippen molar-refractivity contribution in [1.82, 2.24) is 0 Å². The fourth-order valence-electron chi connectivity index (χ4n) is 6.26. The number of aliphatic hydroxyl groups is 4. The fraction of sp³-hybridized carbons (Fsp3) is 0.694. The highest BCUT2D eigenvalue weighted by Gasteiger charge is 2.44. The van der Waals surface area contributed by atoms with Gasteiger partial charge >= 0.3 is 5.97 Å². The second-order valence-corrected chi connectivity index (χ2v) is 15.1. The second-order valence-electron chi connectivity index (χ2n) is 15.1. The van der Waals surface area contributed by atoms with Crippen molar-refractivity contribution >= 4 is 5.97 Å². The Labute approximate surface area is 352 Å². The largest absolute Gasteiger partial charge is 0.457 e. The summed E-state index contributed by atoms with van der Waals surface area (Å²) >= 11 is 0. The third-order valence-electron chi connectivity index (χ3n) is 9.78. The molecule has 9 nitrogen and oxygen atoms in total. The van der Waals surface area contributed by atoms with E-state index in [-0.39, 0.29) is 25.6 Å². The number of hydrogen-bond acceptors (Lipinski definition) is 9. The van der Waals surface area contributed by atoms with Gasteiger partial charge in [-0.3, -0.25) is 4.79 Å². The van der Waals surface area contributed by atoms with Crippen LogP contribution in [0, 0.1) is 0 Å². The first kappa shape index (κ1) is 53.4. The SMILES string of the molecule is CC/C=C\C/C=C\C/C=C\C/C=C\C/C=C\CCCCCCCC(=O)OC(COCCCCCCCC/C=C\C/C=C\CCC)COC1OC(CO)C(O)C(O)C1O. The number of hydrogen-bond donors (Lipinski definition) is 4. The molecule has 0 aromatic heterocycles. The predicted molar refractivity (Wildman–Crippen MR) is 237 cm³/mol. The summed E-state index contributed by atoms with van der Waals surface area (Å²) in [6.07, 6.45) is 46.0. The third kappa shape index (κ3) is 30.4. The van der Waals surface area contributed by atoms with E-state index in [1.165, 1.54) is 25.7 Å². The Morgan fingerprint density at radius 2 is 1.05 bits per heavy atom. The Morgan fingerprint density at radius 3 is 1.59 bits per heavy atom. The van der Waals surface area contributed by atoms with E-state index >= 15 is 0 Å². The van der Waals surface area contributed by atoms with Gasteiger partial charge in [-0.25, -0.2) is 0 Å². The minimum atomic E-state index is -1.55. The quantitative estimate of drug-likeness (QED) is 0.0275. The standard InChI is InChI=1S/C49H82O9/c1-3-5-7-9-11-13-15-17-19-20-21-22-23-24-25-26-28-30-32-34-36-38-45(51)57-43(42-56-49-48(54)47(53)46(52)44(40-50)58-49)41-55-39-37-35-33-31-29-27-18-16-14-12-10-8-6-4-2/h5,7-8,10-11,13-14,16-17,19,21-22,24-25,43-44,46-50,52-54H,3-4,6,9,12,15,18,20,23,26-42H2,1-2H3/b7-5-,10-8-,13-11-,16-14-,19-17-,22-21-,25-24-. The lowest BCUT2D eigenvalue weighted by Crippen LogP contribution is -2.59. The monoisotopic (exact) mass is 815 g/mol. The zero-order valence-electron chi connectivity index (χ0n) is 36.3. The molecule has 58 heavy (non-hydrogen) atoms. The van der Waals surface area contributed by atoms with Crippen LogP contribution in [0.2, 0.25) is 0 Å². The molecule has 0 bridgehead atoms. The van der Waals surface area contributed by atoms with Crippen LogP contribution in [0.5, 0.6) is 0 Å². The molecule has 4 N–H and O–H groups in total. The number of aliphatic hydroxyl groups excluding tert-OH is 4. The van der Waals surface area contributed by atoms with Gasteiger partial charge in [-0.2, -0.15) is 0 Å². The lowest BCUT2D eigenvalue weighted by atomic mass is 9.99. The summed E-state index contributed by atoms with van der Waals surface area (Å²) in [5.74, 6) is -0.340. The Bertz CT molecular complexity index is 1150. The molecule has 0 aromatic rings. The number of allylic oxidation sites excluding steroid dienone is 14. The molecule has 0 aliphatic carbocycles. The maximum Gasteiger partial charge on any atom is 0.306 e. The van der Waals surface area contributed by atoms with Crippen LogP contribution in [-0.4, -0.2) is 89.6 Å². The van der Waals surface area contributed by atoms with Crippen molar-refractivity contribution < 1.29 is 44.2 Å². The fourth-order valence-corrected chi connectivity index (χ4v) is 6.26. The number of esters is 1.